The van der Waals surface area contributed by atoms with Crippen LogP contribution in [0.1, 0.15) is 20.3 Å². The molecule has 1 aliphatic rings. The summed E-state index contributed by atoms with van der Waals surface area (Å²) in [6.07, 6.45) is 0.940. The van der Waals surface area contributed by atoms with Gasteiger partial charge in [-0.05, 0) is 49.4 Å². The molecule has 0 bridgehead atoms. The zero-order valence-corrected chi connectivity index (χ0v) is 18.6. The normalized spacial score (nSPS) is 16.0. The van der Waals surface area contributed by atoms with Crippen LogP contribution in [0.25, 0.3) is 0 Å². The van der Waals surface area contributed by atoms with Crippen LogP contribution < -0.4 is 15.0 Å². The van der Waals surface area contributed by atoms with E-state index >= 15 is 0 Å². The summed E-state index contributed by atoms with van der Waals surface area (Å²) in [6.45, 7) is 5.83. The van der Waals surface area contributed by atoms with Crippen molar-refractivity contribution < 1.29 is 14.3 Å². The molecule has 1 atom stereocenters. The van der Waals surface area contributed by atoms with Gasteiger partial charge in [0, 0.05) is 22.4 Å². The van der Waals surface area contributed by atoms with Crippen LogP contribution in [-0.2, 0) is 9.59 Å². The number of likely N-dealkylation sites (N-methyl/N-ethyl adjacent to an activating group) is 1. The second-order valence-electron chi connectivity index (χ2n) is 7.31. The SMILES string of the molecule is CCN(CC(=O)Nc1ccc(OC)cc1)CC(=O)N1CC[C@H](C)Sc2ccccc21. The molecule has 2 aromatic rings. The summed E-state index contributed by atoms with van der Waals surface area (Å²) in [5.41, 5.74) is 1.67. The van der Waals surface area contributed by atoms with Crippen molar-refractivity contribution in [2.45, 2.75) is 30.4 Å². The van der Waals surface area contributed by atoms with Crippen molar-refractivity contribution in [3.05, 3.63) is 48.5 Å². The summed E-state index contributed by atoms with van der Waals surface area (Å²) >= 11 is 1.81. The molecule has 7 heteroatoms. The fraction of sp³-hybridized carbons (Fsp3) is 0.391. The van der Waals surface area contributed by atoms with Crippen LogP contribution in [0.15, 0.2) is 53.4 Å². The van der Waals surface area contributed by atoms with E-state index in [9.17, 15) is 9.59 Å². The van der Waals surface area contributed by atoms with Gasteiger partial charge in [-0.15, -0.1) is 11.8 Å². The highest BCUT2D eigenvalue weighted by Gasteiger charge is 2.25. The van der Waals surface area contributed by atoms with Crippen LogP contribution in [0, 0.1) is 0 Å². The molecule has 0 fully saturated rings. The first kappa shape index (κ1) is 22.2. The number of ether oxygens (including phenoxy) is 1. The van der Waals surface area contributed by atoms with Gasteiger partial charge in [-0.3, -0.25) is 14.5 Å². The number of fused-ring (bicyclic) bond motifs is 1. The van der Waals surface area contributed by atoms with Crippen LogP contribution in [-0.4, -0.2) is 55.3 Å². The second kappa shape index (κ2) is 10.5. The number of carbonyl (C=O) groups excluding carboxylic acids is 2. The fourth-order valence-electron chi connectivity index (χ4n) is 3.38. The average molecular weight is 428 g/mol. The number of rotatable bonds is 7. The number of benzene rings is 2. The van der Waals surface area contributed by atoms with Crippen LogP contribution in [0.2, 0.25) is 0 Å². The van der Waals surface area contributed by atoms with Crippen LogP contribution >= 0.6 is 11.8 Å². The zero-order valence-electron chi connectivity index (χ0n) is 17.8. The number of anilines is 2. The lowest BCUT2D eigenvalue weighted by Gasteiger charge is -2.26. The molecule has 0 aliphatic carbocycles. The number of nitrogens with zero attached hydrogens (tertiary/aromatic N) is 2. The minimum Gasteiger partial charge on any atom is -0.497 e. The molecule has 3 rings (SSSR count). The van der Waals surface area contributed by atoms with Gasteiger partial charge >= 0.3 is 0 Å². The molecule has 1 N–H and O–H groups in total. The van der Waals surface area contributed by atoms with Crippen molar-refractivity contribution in [1.29, 1.82) is 0 Å². The lowest BCUT2D eigenvalue weighted by atomic mass is 10.2. The predicted octanol–water partition coefficient (Wildman–Crippen LogP) is 3.87. The molecule has 0 unspecified atom stereocenters. The Labute approximate surface area is 182 Å². The molecular weight excluding hydrogens is 398 g/mol. The Hall–Kier alpha value is -2.51. The standard InChI is InChI=1S/C23H29N3O3S/c1-4-25(15-22(27)24-18-9-11-19(29-3)12-10-18)16-23(28)26-14-13-17(2)30-21-8-6-5-7-20(21)26/h5-12,17H,4,13-16H2,1-3H3,(H,24,27)/t17-/m0/s1. The third-order valence-corrected chi connectivity index (χ3v) is 6.33. The minimum atomic E-state index is -0.143. The Morgan fingerprint density at radius 1 is 1.17 bits per heavy atom. The van der Waals surface area contributed by atoms with Gasteiger partial charge in [0.05, 0.1) is 25.9 Å². The van der Waals surface area contributed by atoms with Crippen molar-refractivity contribution >= 4 is 35.0 Å². The van der Waals surface area contributed by atoms with Crippen molar-refractivity contribution in [3.8, 4) is 5.75 Å². The number of nitrogens with one attached hydrogen (secondary N) is 1. The number of carbonyl (C=O) groups is 2. The Bertz CT molecular complexity index is 872. The molecule has 160 valence electrons. The van der Waals surface area contributed by atoms with Crippen molar-refractivity contribution in [2.75, 3.05) is 43.5 Å². The largest absolute Gasteiger partial charge is 0.497 e. The molecule has 0 aromatic heterocycles. The topological polar surface area (TPSA) is 61.9 Å². The van der Waals surface area contributed by atoms with Crippen LogP contribution in [0.5, 0.6) is 5.75 Å². The average Bonchev–Trinajstić information content (AvgIpc) is 2.91. The van der Waals surface area contributed by atoms with E-state index in [0.717, 1.165) is 22.8 Å². The highest BCUT2D eigenvalue weighted by atomic mass is 32.2. The van der Waals surface area contributed by atoms with E-state index in [2.05, 4.69) is 18.3 Å². The first-order valence-corrected chi connectivity index (χ1v) is 11.1. The maximum atomic E-state index is 13.1. The molecule has 1 heterocycles. The summed E-state index contributed by atoms with van der Waals surface area (Å²) in [5.74, 6) is 0.616. The van der Waals surface area contributed by atoms with E-state index in [0.29, 0.717) is 24.0 Å². The Morgan fingerprint density at radius 2 is 1.90 bits per heavy atom. The molecule has 2 amide bonds. The summed E-state index contributed by atoms with van der Waals surface area (Å²) in [6, 6.07) is 15.2. The number of methoxy groups -OCH3 is 1. The molecule has 0 saturated carbocycles. The first-order valence-electron chi connectivity index (χ1n) is 10.2. The summed E-state index contributed by atoms with van der Waals surface area (Å²) in [4.78, 5) is 30.5. The van der Waals surface area contributed by atoms with E-state index in [1.165, 1.54) is 0 Å². The van der Waals surface area contributed by atoms with E-state index in [1.807, 2.05) is 46.7 Å². The van der Waals surface area contributed by atoms with E-state index in [4.69, 9.17) is 4.74 Å². The van der Waals surface area contributed by atoms with Gasteiger partial charge in [-0.1, -0.05) is 26.0 Å². The van der Waals surface area contributed by atoms with Crippen LogP contribution in [0.4, 0.5) is 11.4 Å². The number of para-hydroxylation sites is 1. The van der Waals surface area contributed by atoms with Crippen LogP contribution in [0.3, 0.4) is 0 Å². The number of thioether (sulfide) groups is 1. The van der Waals surface area contributed by atoms with Gasteiger partial charge in [0.25, 0.3) is 0 Å². The van der Waals surface area contributed by atoms with Gasteiger partial charge in [-0.25, -0.2) is 0 Å². The van der Waals surface area contributed by atoms with Crippen molar-refractivity contribution in [1.82, 2.24) is 4.90 Å². The minimum absolute atomic E-state index is 0.0243. The summed E-state index contributed by atoms with van der Waals surface area (Å²) < 4.78 is 5.13. The number of hydrogen-bond donors (Lipinski definition) is 1. The predicted molar refractivity (Wildman–Crippen MR) is 122 cm³/mol. The monoisotopic (exact) mass is 427 g/mol. The fourth-order valence-corrected chi connectivity index (χ4v) is 4.49. The Morgan fingerprint density at radius 3 is 2.60 bits per heavy atom. The summed E-state index contributed by atoms with van der Waals surface area (Å²) in [7, 11) is 1.60. The Balaban J connectivity index is 1.62. The second-order valence-corrected chi connectivity index (χ2v) is 8.79. The van der Waals surface area contributed by atoms with Crippen molar-refractivity contribution in [3.63, 3.8) is 0 Å². The Kier molecular flexibility index (Phi) is 7.76. The third-order valence-electron chi connectivity index (χ3n) is 5.09. The maximum absolute atomic E-state index is 13.1. The highest BCUT2D eigenvalue weighted by Crippen LogP contribution is 2.37. The van der Waals surface area contributed by atoms with Crippen molar-refractivity contribution in [2.24, 2.45) is 0 Å². The molecule has 6 nitrogen and oxygen atoms in total. The highest BCUT2D eigenvalue weighted by molar-refractivity contribution is 8.00. The zero-order chi connectivity index (χ0) is 21.5. The smallest absolute Gasteiger partial charge is 0.241 e. The molecule has 0 spiro atoms. The number of amides is 2. The van der Waals surface area contributed by atoms with Gasteiger partial charge < -0.3 is 15.0 Å². The van der Waals surface area contributed by atoms with Gasteiger partial charge in [0.1, 0.15) is 5.75 Å². The quantitative estimate of drug-likeness (QED) is 0.727. The lowest BCUT2D eigenvalue weighted by molar-refractivity contribution is -0.121. The molecule has 1 aliphatic heterocycles. The molecule has 30 heavy (non-hydrogen) atoms. The molecular formula is C23H29N3O3S. The van der Waals surface area contributed by atoms with Gasteiger partial charge in [0.15, 0.2) is 0 Å². The molecule has 2 aromatic carbocycles. The molecule has 0 saturated heterocycles. The first-order chi connectivity index (χ1) is 14.5. The van der Waals surface area contributed by atoms with E-state index < -0.39 is 0 Å². The molecule has 0 radical (unpaired) electrons. The van der Waals surface area contributed by atoms with E-state index in [-0.39, 0.29) is 24.9 Å². The summed E-state index contributed by atoms with van der Waals surface area (Å²) in [5, 5.41) is 3.34. The lowest BCUT2D eigenvalue weighted by Crippen LogP contribution is -2.43. The van der Waals surface area contributed by atoms with Gasteiger partial charge in [0.2, 0.25) is 11.8 Å². The third kappa shape index (κ3) is 5.77. The maximum Gasteiger partial charge on any atom is 0.241 e. The van der Waals surface area contributed by atoms with Gasteiger partial charge in [-0.2, -0.15) is 0 Å². The van der Waals surface area contributed by atoms with E-state index in [1.54, 1.807) is 31.4 Å². The number of hydrogen-bond acceptors (Lipinski definition) is 5.